The van der Waals surface area contributed by atoms with E-state index in [1.807, 2.05) is 0 Å². The van der Waals surface area contributed by atoms with Crippen LogP contribution >= 0.6 is 0 Å². The Labute approximate surface area is 100 Å². The zero-order chi connectivity index (χ0) is 12.0. The van der Waals surface area contributed by atoms with Crippen LogP contribution in [0.15, 0.2) is 18.3 Å². The maximum absolute atomic E-state index is 13.2. The summed E-state index contributed by atoms with van der Waals surface area (Å²) in [5.41, 5.74) is -0.456. The van der Waals surface area contributed by atoms with Gasteiger partial charge in [-0.1, -0.05) is 0 Å². The Morgan fingerprint density at radius 2 is 2.06 bits per heavy atom. The van der Waals surface area contributed by atoms with Crippen molar-refractivity contribution in [3.63, 3.8) is 0 Å². The molecule has 0 amide bonds. The molecule has 17 heavy (non-hydrogen) atoms. The number of rotatable bonds is 1. The van der Waals surface area contributed by atoms with Crippen molar-refractivity contribution in [2.75, 3.05) is 7.05 Å². The second-order valence-electron chi connectivity index (χ2n) is 5.35. The summed E-state index contributed by atoms with van der Waals surface area (Å²) in [6, 6.07) is 3.49. The fourth-order valence-electron chi connectivity index (χ4n) is 3.31. The van der Waals surface area contributed by atoms with E-state index in [2.05, 4.69) is 16.9 Å². The Kier molecular flexibility index (Phi) is 2.45. The van der Waals surface area contributed by atoms with Gasteiger partial charge in [0.1, 0.15) is 11.4 Å². The summed E-state index contributed by atoms with van der Waals surface area (Å²) in [5.74, 6) is -0.324. The molecule has 2 fully saturated rings. The SMILES string of the molecule is CN1C2CCC1CC(O)(c1cc(F)ccn1)C2. The first-order chi connectivity index (χ1) is 8.08. The Balaban J connectivity index is 1.93. The van der Waals surface area contributed by atoms with E-state index in [-0.39, 0.29) is 5.82 Å². The first kappa shape index (κ1) is 11.1. The summed E-state index contributed by atoms with van der Waals surface area (Å²) in [6.45, 7) is 0. The third-order valence-electron chi connectivity index (χ3n) is 4.33. The number of aromatic nitrogens is 1. The van der Waals surface area contributed by atoms with Crippen molar-refractivity contribution in [1.82, 2.24) is 9.88 Å². The van der Waals surface area contributed by atoms with Crippen LogP contribution in [0.2, 0.25) is 0 Å². The van der Waals surface area contributed by atoms with E-state index in [0.29, 0.717) is 30.6 Å². The Bertz CT molecular complexity index is 423. The molecule has 1 aromatic heterocycles. The van der Waals surface area contributed by atoms with Gasteiger partial charge in [-0.2, -0.15) is 0 Å². The quantitative estimate of drug-likeness (QED) is 0.805. The molecule has 2 saturated heterocycles. The molecule has 2 unspecified atom stereocenters. The van der Waals surface area contributed by atoms with Gasteiger partial charge in [-0.25, -0.2) is 4.39 Å². The molecule has 2 atom stereocenters. The van der Waals surface area contributed by atoms with Crippen LogP contribution in [0.4, 0.5) is 4.39 Å². The number of aliphatic hydroxyl groups is 1. The van der Waals surface area contributed by atoms with Gasteiger partial charge in [0.2, 0.25) is 0 Å². The van der Waals surface area contributed by atoms with E-state index in [1.165, 1.54) is 18.3 Å². The second-order valence-corrected chi connectivity index (χ2v) is 5.35. The monoisotopic (exact) mass is 236 g/mol. The van der Waals surface area contributed by atoms with Crippen molar-refractivity contribution in [3.8, 4) is 0 Å². The summed E-state index contributed by atoms with van der Waals surface area (Å²) in [4.78, 5) is 6.49. The van der Waals surface area contributed by atoms with Crippen molar-refractivity contribution in [2.24, 2.45) is 0 Å². The minimum absolute atomic E-state index is 0.324. The molecule has 0 aliphatic carbocycles. The third-order valence-corrected chi connectivity index (χ3v) is 4.33. The summed E-state index contributed by atoms with van der Waals surface area (Å²) in [6.07, 6.45) is 5.01. The van der Waals surface area contributed by atoms with Gasteiger partial charge in [0.25, 0.3) is 0 Å². The number of pyridine rings is 1. The van der Waals surface area contributed by atoms with E-state index in [4.69, 9.17) is 0 Å². The second kappa shape index (κ2) is 3.75. The molecule has 4 heteroatoms. The zero-order valence-corrected chi connectivity index (χ0v) is 9.93. The molecule has 2 aliphatic heterocycles. The van der Waals surface area contributed by atoms with Gasteiger partial charge in [-0.3, -0.25) is 4.98 Å². The number of piperidine rings is 1. The molecule has 0 spiro atoms. The van der Waals surface area contributed by atoms with Crippen molar-refractivity contribution >= 4 is 0 Å². The largest absolute Gasteiger partial charge is 0.383 e. The molecule has 0 saturated carbocycles. The van der Waals surface area contributed by atoms with E-state index in [0.717, 1.165) is 12.8 Å². The lowest BCUT2D eigenvalue weighted by atomic mass is 9.83. The number of fused-ring (bicyclic) bond motifs is 2. The first-order valence-electron chi connectivity index (χ1n) is 6.15. The molecule has 3 rings (SSSR count). The van der Waals surface area contributed by atoms with Crippen LogP contribution in [-0.4, -0.2) is 34.1 Å². The molecule has 3 nitrogen and oxygen atoms in total. The normalized spacial score (nSPS) is 37.4. The van der Waals surface area contributed by atoms with Crippen LogP contribution in [-0.2, 0) is 5.60 Å². The van der Waals surface area contributed by atoms with Crippen molar-refractivity contribution < 1.29 is 9.50 Å². The van der Waals surface area contributed by atoms with E-state index >= 15 is 0 Å². The molecular weight excluding hydrogens is 219 g/mol. The summed E-state index contributed by atoms with van der Waals surface area (Å²) >= 11 is 0. The zero-order valence-electron chi connectivity index (χ0n) is 9.93. The molecule has 92 valence electrons. The van der Waals surface area contributed by atoms with E-state index in [9.17, 15) is 9.50 Å². The number of halogens is 1. The van der Waals surface area contributed by atoms with Crippen LogP contribution in [0.25, 0.3) is 0 Å². The fraction of sp³-hybridized carbons (Fsp3) is 0.615. The predicted octanol–water partition coefficient (Wildman–Crippen LogP) is 1.66. The minimum atomic E-state index is -0.944. The Morgan fingerprint density at radius 3 is 2.65 bits per heavy atom. The predicted molar refractivity (Wildman–Crippen MR) is 61.9 cm³/mol. The molecule has 0 radical (unpaired) electrons. The van der Waals surface area contributed by atoms with Gasteiger partial charge in [0.05, 0.1) is 5.69 Å². The number of hydrogen-bond donors (Lipinski definition) is 1. The number of nitrogens with zero attached hydrogens (tertiary/aromatic N) is 2. The van der Waals surface area contributed by atoms with Gasteiger partial charge in [-0.05, 0) is 44.9 Å². The lowest BCUT2D eigenvalue weighted by Gasteiger charge is -2.41. The maximum atomic E-state index is 13.2. The molecule has 3 heterocycles. The highest BCUT2D eigenvalue weighted by atomic mass is 19.1. The summed E-state index contributed by atoms with van der Waals surface area (Å²) in [7, 11) is 2.11. The average molecular weight is 236 g/mol. The first-order valence-corrected chi connectivity index (χ1v) is 6.15. The minimum Gasteiger partial charge on any atom is -0.383 e. The molecule has 1 aromatic rings. The molecule has 0 aromatic carbocycles. The standard InChI is InChI=1S/C13H17FN2O/c1-16-10-2-3-11(16)8-13(17,7-10)12-6-9(14)4-5-15-12/h4-6,10-11,17H,2-3,7-8H2,1H3. The van der Waals surface area contributed by atoms with Gasteiger partial charge in [0.15, 0.2) is 0 Å². The van der Waals surface area contributed by atoms with E-state index < -0.39 is 5.60 Å². The summed E-state index contributed by atoms with van der Waals surface area (Å²) < 4.78 is 13.2. The fourth-order valence-corrected chi connectivity index (χ4v) is 3.31. The van der Waals surface area contributed by atoms with Gasteiger partial charge in [-0.15, -0.1) is 0 Å². The van der Waals surface area contributed by atoms with Crippen LogP contribution < -0.4 is 0 Å². The average Bonchev–Trinajstić information content (AvgIpc) is 2.53. The van der Waals surface area contributed by atoms with Crippen LogP contribution in [0, 0.1) is 5.82 Å². The molecular formula is C13H17FN2O. The van der Waals surface area contributed by atoms with Crippen molar-refractivity contribution in [1.29, 1.82) is 0 Å². The lowest BCUT2D eigenvalue weighted by molar-refractivity contribution is -0.0526. The van der Waals surface area contributed by atoms with Gasteiger partial charge < -0.3 is 10.0 Å². The molecule has 1 N–H and O–H groups in total. The lowest BCUT2D eigenvalue weighted by Crippen LogP contribution is -2.48. The highest BCUT2D eigenvalue weighted by Gasteiger charge is 2.47. The van der Waals surface area contributed by atoms with Crippen LogP contribution in [0.1, 0.15) is 31.4 Å². The van der Waals surface area contributed by atoms with Crippen molar-refractivity contribution in [3.05, 3.63) is 29.8 Å². The van der Waals surface area contributed by atoms with Gasteiger partial charge >= 0.3 is 0 Å². The van der Waals surface area contributed by atoms with Gasteiger partial charge in [0, 0.05) is 18.3 Å². The highest BCUT2D eigenvalue weighted by Crippen LogP contribution is 2.44. The summed E-state index contributed by atoms with van der Waals surface area (Å²) in [5, 5.41) is 10.7. The smallest absolute Gasteiger partial charge is 0.126 e. The highest BCUT2D eigenvalue weighted by molar-refractivity contribution is 5.18. The molecule has 2 aliphatic rings. The van der Waals surface area contributed by atoms with E-state index in [1.54, 1.807) is 0 Å². The molecule has 2 bridgehead atoms. The topological polar surface area (TPSA) is 36.4 Å². The van der Waals surface area contributed by atoms with Crippen LogP contribution in [0.3, 0.4) is 0 Å². The van der Waals surface area contributed by atoms with Crippen molar-refractivity contribution in [2.45, 2.75) is 43.4 Å². The third kappa shape index (κ3) is 1.76. The Morgan fingerprint density at radius 1 is 1.41 bits per heavy atom. The van der Waals surface area contributed by atoms with Crippen LogP contribution in [0.5, 0.6) is 0 Å². The Hall–Kier alpha value is -1.00. The number of hydrogen-bond acceptors (Lipinski definition) is 3. The maximum Gasteiger partial charge on any atom is 0.126 e.